The Morgan fingerprint density at radius 2 is 1.94 bits per heavy atom. The number of aryl methyl sites for hydroxylation is 1. The number of hydrogen-bond acceptors (Lipinski definition) is 2. The highest BCUT2D eigenvalue weighted by atomic mass is 79.9. The Bertz CT molecular complexity index is 318. The lowest BCUT2D eigenvalue weighted by Crippen LogP contribution is -2.27. The zero-order valence-electron chi connectivity index (χ0n) is 10.6. The topological polar surface area (TPSA) is 12.0 Å². The monoisotopic (exact) mass is 303 g/mol. The van der Waals surface area contributed by atoms with Crippen molar-refractivity contribution >= 4 is 27.3 Å². The van der Waals surface area contributed by atoms with Crippen molar-refractivity contribution in [3.8, 4) is 0 Å². The smallest absolute Gasteiger partial charge is 0.0454 e. The molecule has 0 radical (unpaired) electrons. The van der Waals surface area contributed by atoms with Crippen LogP contribution in [0, 0.1) is 12.8 Å². The van der Waals surface area contributed by atoms with Gasteiger partial charge in [0.2, 0.25) is 0 Å². The molecular formula is C13H22BrNS. The van der Waals surface area contributed by atoms with Gasteiger partial charge in [-0.2, -0.15) is 0 Å². The molecule has 0 aliphatic heterocycles. The van der Waals surface area contributed by atoms with Gasteiger partial charge in [0, 0.05) is 20.3 Å². The lowest BCUT2D eigenvalue weighted by molar-refractivity contribution is 0.350. The Hall–Kier alpha value is 0.140. The predicted molar refractivity (Wildman–Crippen MR) is 77.2 cm³/mol. The van der Waals surface area contributed by atoms with Crippen molar-refractivity contribution in [3.63, 3.8) is 0 Å². The minimum atomic E-state index is 0.507. The van der Waals surface area contributed by atoms with E-state index in [2.05, 4.69) is 55.0 Å². The van der Waals surface area contributed by atoms with Gasteiger partial charge < -0.3 is 5.32 Å². The number of halogens is 1. The third kappa shape index (κ3) is 3.31. The zero-order chi connectivity index (χ0) is 12.1. The van der Waals surface area contributed by atoms with Crippen molar-refractivity contribution in [2.45, 2.75) is 46.6 Å². The molecule has 0 saturated heterocycles. The van der Waals surface area contributed by atoms with Gasteiger partial charge in [-0.15, -0.1) is 11.3 Å². The highest BCUT2D eigenvalue weighted by molar-refractivity contribution is 9.10. The molecule has 0 saturated carbocycles. The van der Waals surface area contributed by atoms with E-state index in [1.165, 1.54) is 27.1 Å². The largest absolute Gasteiger partial charge is 0.309 e. The van der Waals surface area contributed by atoms with Crippen molar-refractivity contribution in [1.29, 1.82) is 0 Å². The van der Waals surface area contributed by atoms with Crippen LogP contribution >= 0.6 is 27.3 Å². The second-order valence-corrected chi connectivity index (χ2v) is 6.32. The van der Waals surface area contributed by atoms with Crippen LogP contribution in [-0.2, 0) is 0 Å². The van der Waals surface area contributed by atoms with Gasteiger partial charge in [0.25, 0.3) is 0 Å². The summed E-state index contributed by atoms with van der Waals surface area (Å²) in [6, 6.07) is 2.74. The van der Waals surface area contributed by atoms with E-state index in [-0.39, 0.29) is 0 Å². The maximum atomic E-state index is 3.68. The summed E-state index contributed by atoms with van der Waals surface area (Å²) in [6.45, 7) is 9.96. The first-order chi connectivity index (χ1) is 7.63. The van der Waals surface area contributed by atoms with Crippen molar-refractivity contribution in [3.05, 3.63) is 20.3 Å². The SMILES string of the molecule is CCNC(c1sc(C)cc1Br)C(CC)CC. The average molecular weight is 304 g/mol. The third-order valence-corrected chi connectivity index (χ3v) is 5.12. The fourth-order valence-electron chi connectivity index (χ4n) is 2.17. The van der Waals surface area contributed by atoms with Gasteiger partial charge in [-0.25, -0.2) is 0 Å². The highest BCUT2D eigenvalue weighted by Gasteiger charge is 2.23. The summed E-state index contributed by atoms with van der Waals surface area (Å²) < 4.78 is 1.27. The van der Waals surface area contributed by atoms with Gasteiger partial charge in [-0.3, -0.25) is 0 Å². The fourth-order valence-corrected chi connectivity index (χ4v) is 4.23. The van der Waals surface area contributed by atoms with Crippen LogP contribution in [0.15, 0.2) is 10.5 Å². The van der Waals surface area contributed by atoms with E-state index in [9.17, 15) is 0 Å². The van der Waals surface area contributed by atoms with Gasteiger partial charge in [0.05, 0.1) is 0 Å². The Balaban J connectivity index is 2.96. The molecule has 1 N–H and O–H groups in total. The van der Waals surface area contributed by atoms with E-state index >= 15 is 0 Å². The maximum Gasteiger partial charge on any atom is 0.0454 e. The van der Waals surface area contributed by atoms with Crippen LogP contribution < -0.4 is 5.32 Å². The molecule has 1 nitrogen and oxygen atoms in total. The summed E-state index contributed by atoms with van der Waals surface area (Å²) in [5.41, 5.74) is 0. The number of hydrogen-bond donors (Lipinski definition) is 1. The molecule has 1 unspecified atom stereocenters. The summed E-state index contributed by atoms with van der Waals surface area (Å²) in [5.74, 6) is 0.731. The summed E-state index contributed by atoms with van der Waals surface area (Å²) in [4.78, 5) is 2.85. The molecule has 0 fully saturated rings. The van der Waals surface area contributed by atoms with E-state index in [0.29, 0.717) is 6.04 Å². The van der Waals surface area contributed by atoms with E-state index in [1.54, 1.807) is 0 Å². The van der Waals surface area contributed by atoms with Crippen LogP contribution in [0.3, 0.4) is 0 Å². The molecule has 0 spiro atoms. The lowest BCUT2D eigenvalue weighted by atomic mass is 9.93. The molecule has 92 valence electrons. The minimum absolute atomic E-state index is 0.507. The Morgan fingerprint density at radius 3 is 2.31 bits per heavy atom. The van der Waals surface area contributed by atoms with Gasteiger partial charge in [-0.05, 0) is 41.4 Å². The van der Waals surface area contributed by atoms with E-state index in [1.807, 2.05) is 11.3 Å². The van der Waals surface area contributed by atoms with Crippen LogP contribution in [-0.4, -0.2) is 6.54 Å². The molecule has 1 aromatic heterocycles. The molecule has 1 rings (SSSR count). The van der Waals surface area contributed by atoms with E-state index in [0.717, 1.165) is 12.5 Å². The maximum absolute atomic E-state index is 3.68. The lowest BCUT2D eigenvalue weighted by Gasteiger charge is -2.25. The second kappa shape index (κ2) is 6.77. The van der Waals surface area contributed by atoms with Gasteiger partial charge >= 0.3 is 0 Å². The Kier molecular flexibility index (Phi) is 6.01. The quantitative estimate of drug-likeness (QED) is 0.787. The van der Waals surface area contributed by atoms with Gasteiger partial charge in [0.1, 0.15) is 0 Å². The third-order valence-electron chi connectivity index (χ3n) is 3.06. The summed E-state index contributed by atoms with van der Waals surface area (Å²) in [6.07, 6.45) is 2.47. The summed E-state index contributed by atoms with van der Waals surface area (Å²) >= 11 is 5.60. The van der Waals surface area contributed by atoms with Crippen LogP contribution in [0.5, 0.6) is 0 Å². The number of nitrogens with one attached hydrogen (secondary N) is 1. The molecule has 0 amide bonds. The molecule has 0 aromatic carbocycles. The predicted octanol–water partition coefficient (Wildman–Crippen LogP) is 4.91. The van der Waals surface area contributed by atoms with Gasteiger partial charge in [-0.1, -0.05) is 33.6 Å². The standard InChI is InChI=1S/C13H22BrNS/c1-5-10(6-2)12(15-7-3)13-11(14)8-9(4)16-13/h8,10,12,15H,5-7H2,1-4H3. The fraction of sp³-hybridized carbons (Fsp3) is 0.692. The molecule has 0 aliphatic rings. The second-order valence-electron chi connectivity index (χ2n) is 4.18. The first-order valence-corrected chi connectivity index (χ1v) is 7.74. The van der Waals surface area contributed by atoms with Crippen molar-refractivity contribution in [2.24, 2.45) is 5.92 Å². The Morgan fingerprint density at radius 1 is 1.31 bits per heavy atom. The molecule has 3 heteroatoms. The van der Waals surface area contributed by atoms with Crippen LogP contribution in [0.25, 0.3) is 0 Å². The molecule has 0 bridgehead atoms. The average Bonchev–Trinajstić information content (AvgIpc) is 2.58. The first kappa shape index (κ1) is 14.2. The van der Waals surface area contributed by atoms with Gasteiger partial charge in [0.15, 0.2) is 0 Å². The van der Waals surface area contributed by atoms with E-state index < -0.39 is 0 Å². The van der Waals surface area contributed by atoms with Crippen molar-refractivity contribution in [1.82, 2.24) is 5.32 Å². The molecular weight excluding hydrogens is 282 g/mol. The summed E-state index contributed by atoms with van der Waals surface area (Å²) in [7, 11) is 0. The first-order valence-electron chi connectivity index (χ1n) is 6.13. The van der Waals surface area contributed by atoms with Crippen molar-refractivity contribution in [2.75, 3.05) is 6.54 Å². The molecule has 1 aromatic rings. The van der Waals surface area contributed by atoms with Crippen molar-refractivity contribution < 1.29 is 0 Å². The zero-order valence-corrected chi connectivity index (χ0v) is 13.0. The van der Waals surface area contributed by atoms with Crippen LogP contribution in [0.2, 0.25) is 0 Å². The highest BCUT2D eigenvalue weighted by Crippen LogP contribution is 2.37. The van der Waals surface area contributed by atoms with E-state index in [4.69, 9.17) is 0 Å². The number of thiophene rings is 1. The molecule has 16 heavy (non-hydrogen) atoms. The Labute approximate surface area is 112 Å². The normalized spacial score (nSPS) is 13.4. The minimum Gasteiger partial charge on any atom is -0.309 e. The van der Waals surface area contributed by atoms with Crippen LogP contribution in [0.4, 0.5) is 0 Å². The molecule has 1 atom stereocenters. The van der Waals surface area contributed by atoms with Crippen LogP contribution in [0.1, 0.15) is 49.4 Å². The summed E-state index contributed by atoms with van der Waals surface area (Å²) in [5, 5.41) is 3.64. The molecule has 1 heterocycles. The molecule has 0 aliphatic carbocycles. The number of rotatable bonds is 6.